The zero-order chi connectivity index (χ0) is 15.0. The highest BCUT2D eigenvalue weighted by Crippen LogP contribution is 2.35. The maximum Gasteiger partial charge on any atom is 0.338 e. The monoisotopic (exact) mass is 297 g/mol. The second kappa shape index (κ2) is 5.30. The molecule has 4 heteroatoms. The molecule has 3 rings (SSSR count). The van der Waals surface area contributed by atoms with Crippen molar-refractivity contribution in [2.45, 2.75) is 11.8 Å². The van der Waals surface area contributed by atoms with Gasteiger partial charge in [0.25, 0.3) is 0 Å². The number of carboxylic acid groups (broad SMARTS) is 1. The minimum absolute atomic E-state index is 0.358. The Labute approximate surface area is 127 Å². The molecule has 0 saturated carbocycles. The van der Waals surface area contributed by atoms with Gasteiger partial charge in [-0.2, -0.15) is 0 Å². The number of pyridine rings is 1. The van der Waals surface area contributed by atoms with Crippen LogP contribution in [0.5, 0.6) is 0 Å². The Hall–Kier alpha value is -2.20. The van der Waals surface area contributed by atoms with Crippen molar-refractivity contribution in [1.29, 1.82) is 0 Å². The fourth-order valence-corrected chi connectivity index (χ4v) is 3.18. The largest absolute Gasteiger partial charge is 0.478 e. The lowest BCUT2D eigenvalue weighted by atomic mass is 10.0. The van der Waals surface area contributed by atoms with E-state index in [2.05, 4.69) is 0 Å². The summed E-state index contributed by atoms with van der Waals surface area (Å²) in [5, 5.41) is 9.63. The highest BCUT2D eigenvalue weighted by Gasteiger charge is 2.20. The summed E-state index contributed by atoms with van der Waals surface area (Å²) in [7, 11) is 0. The van der Waals surface area contributed by atoms with E-state index in [-0.39, 0.29) is 0 Å². The Balaban J connectivity index is 2.37. The maximum absolute atomic E-state index is 11.7. The molecule has 2 heterocycles. The molecule has 0 unspecified atom stereocenters. The van der Waals surface area contributed by atoms with Gasteiger partial charge in [0.05, 0.1) is 11.1 Å². The van der Waals surface area contributed by atoms with Crippen LogP contribution in [0.15, 0.2) is 53.7 Å². The standard InChI is InChI=1S/C17H15NO2S/c1-11-6-7-15(21-2)12(9-11)13-10-18-8-4-3-5-14(18)16(13)17(19)20/h3-10H,1-2H3,(H,19,20). The Kier molecular flexibility index (Phi) is 3.47. The molecule has 1 N–H and O–H groups in total. The Bertz CT molecular complexity index is 836. The van der Waals surface area contributed by atoms with E-state index in [1.165, 1.54) is 0 Å². The summed E-state index contributed by atoms with van der Waals surface area (Å²) in [5.41, 5.74) is 3.94. The summed E-state index contributed by atoms with van der Waals surface area (Å²) >= 11 is 1.63. The molecule has 3 nitrogen and oxygen atoms in total. The van der Waals surface area contributed by atoms with E-state index in [1.807, 2.05) is 66.4 Å². The second-order valence-corrected chi connectivity index (χ2v) is 5.77. The van der Waals surface area contributed by atoms with Crippen molar-refractivity contribution < 1.29 is 9.90 Å². The van der Waals surface area contributed by atoms with Crippen LogP contribution in [0.3, 0.4) is 0 Å². The molecule has 0 bridgehead atoms. The summed E-state index contributed by atoms with van der Waals surface area (Å²) in [6.07, 6.45) is 5.78. The minimum atomic E-state index is -0.896. The molecule has 0 aliphatic carbocycles. The summed E-state index contributed by atoms with van der Waals surface area (Å²) in [5.74, 6) is -0.896. The molecular weight excluding hydrogens is 282 g/mol. The zero-order valence-electron chi connectivity index (χ0n) is 11.8. The van der Waals surface area contributed by atoms with Crippen LogP contribution < -0.4 is 0 Å². The van der Waals surface area contributed by atoms with Crippen molar-refractivity contribution >= 4 is 23.2 Å². The first-order valence-corrected chi connectivity index (χ1v) is 7.82. The summed E-state index contributed by atoms with van der Waals surface area (Å²) in [6.45, 7) is 2.02. The van der Waals surface area contributed by atoms with Crippen molar-refractivity contribution in [2.75, 3.05) is 6.26 Å². The molecule has 0 spiro atoms. The van der Waals surface area contributed by atoms with Gasteiger partial charge in [-0.15, -0.1) is 11.8 Å². The van der Waals surface area contributed by atoms with Crippen molar-refractivity contribution in [3.63, 3.8) is 0 Å². The van der Waals surface area contributed by atoms with Gasteiger partial charge >= 0.3 is 5.97 Å². The van der Waals surface area contributed by atoms with Gasteiger partial charge in [0.15, 0.2) is 0 Å². The number of aryl methyl sites for hydroxylation is 1. The number of hydrogen-bond donors (Lipinski definition) is 1. The SMILES string of the molecule is CSc1ccc(C)cc1-c1cn2ccccc2c1C(=O)O. The van der Waals surface area contributed by atoms with Gasteiger partial charge in [0, 0.05) is 22.9 Å². The van der Waals surface area contributed by atoms with Gasteiger partial charge in [-0.25, -0.2) is 4.79 Å². The van der Waals surface area contributed by atoms with Crippen LogP contribution in [-0.2, 0) is 0 Å². The van der Waals surface area contributed by atoms with Gasteiger partial charge in [0.1, 0.15) is 0 Å². The summed E-state index contributed by atoms with van der Waals surface area (Å²) in [4.78, 5) is 12.8. The first-order valence-electron chi connectivity index (χ1n) is 6.60. The normalized spacial score (nSPS) is 11.0. The molecule has 0 saturated heterocycles. The van der Waals surface area contributed by atoms with Gasteiger partial charge in [-0.1, -0.05) is 23.8 Å². The topological polar surface area (TPSA) is 41.7 Å². The Morgan fingerprint density at radius 1 is 1.19 bits per heavy atom. The lowest BCUT2D eigenvalue weighted by molar-refractivity contribution is 0.0700. The smallest absolute Gasteiger partial charge is 0.338 e. The highest BCUT2D eigenvalue weighted by molar-refractivity contribution is 7.98. The number of carboxylic acids is 1. The molecular formula is C17H15NO2S. The van der Waals surface area contributed by atoms with Crippen LogP contribution in [0.2, 0.25) is 0 Å². The average Bonchev–Trinajstić information content (AvgIpc) is 2.86. The fourth-order valence-electron chi connectivity index (χ4n) is 2.58. The molecule has 0 amide bonds. The molecule has 3 aromatic rings. The van der Waals surface area contributed by atoms with Crippen LogP contribution in [0.25, 0.3) is 16.6 Å². The number of rotatable bonds is 3. The van der Waals surface area contributed by atoms with Crippen LogP contribution in [-0.4, -0.2) is 21.7 Å². The van der Waals surface area contributed by atoms with E-state index in [0.717, 1.165) is 21.6 Å². The van der Waals surface area contributed by atoms with Gasteiger partial charge in [-0.3, -0.25) is 0 Å². The predicted molar refractivity (Wildman–Crippen MR) is 86.3 cm³/mol. The zero-order valence-corrected chi connectivity index (χ0v) is 12.6. The van der Waals surface area contributed by atoms with Gasteiger partial charge < -0.3 is 9.51 Å². The number of nitrogens with zero attached hydrogens (tertiary/aromatic N) is 1. The summed E-state index contributed by atoms with van der Waals surface area (Å²) < 4.78 is 1.87. The molecule has 2 aromatic heterocycles. The van der Waals surface area contributed by atoms with Gasteiger partial charge in [-0.05, 0) is 36.9 Å². The number of fused-ring (bicyclic) bond motifs is 1. The fraction of sp³-hybridized carbons (Fsp3) is 0.118. The van der Waals surface area contributed by atoms with E-state index in [0.29, 0.717) is 11.1 Å². The third-order valence-corrected chi connectivity index (χ3v) is 4.34. The van der Waals surface area contributed by atoms with Crippen LogP contribution in [0, 0.1) is 6.92 Å². The molecule has 106 valence electrons. The first kappa shape index (κ1) is 13.8. The van der Waals surface area contributed by atoms with Crippen molar-refractivity contribution in [3.8, 4) is 11.1 Å². The number of hydrogen-bond acceptors (Lipinski definition) is 2. The van der Waals surface area contributed by atoms with Crippen LogP contribution in [0.1, 0.15) is 15.9 Å². The molecule has 1 aromatic carbocycles. The Morgan fingerprint density at radius 3 is 2.71 bits per heavy atom. The molecule has 21 heavy (non-hydrogen) atoms. The number of thioether (sulfide) groups is 1. The quantitative estimate of drug-likeness (QED) is 0.731. The number of carbonyl (C=O) groups is 1. The van der Waals surface area contributed by atoms with Crippen molar-refractivity contribution in [2.24, 2.45) is 0 Å². The third kappa shape index (κ3) is 2.32. The lowest BCUT2D eigenvalue weighted by Gasteiger charge is -2.08. The van der Waals surface area contributed by atoms with E-state index >= 15 is 0 Å². The van der Waals surface area contributed by atoms with E-state index < -0.39 is 5.97 Å². The van der Waals surface area contributed by atoms with Crippen molar-refractivity contribution in [1.82, 2.24) is 4.40 Å². The lowest BCUT2D eigenvalue weighted by Crippen LogP contribution is -1.98. The van der Waals surface area contributed by atoms with E-state index in [4.69, 9.17) is 0 Å². The molecule has 0 atom stereocenters. The highest BCUT2D eigenvalue weighted by atomic mass is 32.2. The molecule has 0 radical (unpaired) electrons. The van der Waals surface area contributed by atoms with Crippen LogP contribution >= 0.6 is 11.8 Å². The first-order chi connectivity index (χ1) is 10.1. The Morgan fingerprint density at radius 2 is 2.00 bits per heavy atom. The van der Waals surface area contributed by atoms with Crippen LogP contribution in [0.4, 0.5) is 0 Å². The summed E-state index contributed by atoms with van der Waals surface area (Å²) in [6, 6.07) is 11.7. The molecule has 0 fully saturated rings. The number of benzene rings is 1. The third-order valence-electron chi connectivity index (χ3n) is 3.54. The number of aromatic nitrogens is 1. The number of aromatic carboxylic acids is 1. The predicted octanol–water partition coefficient (Wildman–Crippen LogP) is 4.33. The molecule has 0 aliphatic heterocycles. The maximum atomic E-state index is 11.7. The van der Waals surface area contributed by atoms with E-state index in [1.54, 1.807) is 11.8 Å². The molecule has 0 aliphatic rings. The van der Waals surface area contributed by atoms with Gasteiger partial charge in [0.2, 0.25) is 0 Å². The van der Waals surface area contributed by atoms with Crippen molar-refractivity contribution in [3.05, 3.63) is 59.9 Å². The minimum Gasteiger partial charge on any atom is -0.478 e. The van der Waals surface area contributed by atoms with E-state index in [9.17, 15) is 9.90 Å². The second-order valence-electron chi connectivity index (χ2n) is 4.92. The average molecular weight is 297 g/mol.